The molecule has 1 amide bonds. The number of rotatable bonds is 3. The number of carbonyl (C=O) groups is 2. The van der Waals surface area contributed by atoms with Crippen molar-refractivity contribution in [2.24, 2.45) is 0 Å². The van der Waals surface area contributed by atoms with Crippen LogP contribution in [0.1, 0.15) is 21.7 Å². The van der Waals surface area contributed by atoms with E-state index in [0.29, 0.717) is 5.56 Å². The van der Waals surface area contributed by atoms with Gasteiger partial charge in [-0.05, 0) is 19.4 Å². The van der Waals surface area contributed by atoms with Gasteiger partial charge in [-0.2, -0.15) is 0 Å². The monoisotopic (exact) mass is 224 g/mol. The van der Waals surface area contributed by atoms with Gasteiger partial charge in [-0.1, -0.05) is 0 Å². The minimum absolute atomic E-state index is 0.154. The number of carboxylic acid groups (broad SMARTS) is 1. The topological polar surface area (TPSA) is 99.4 Å². The molecule has 1 N–H and O–H groups in total. The van der Waals surface area contributed by atoms with Gasteiger partial charge in [0, 0.05) is 6.07 Å². The van der Waals surface area contributed by atoms with Crippen LogP contribution in [0.5, 0.6) is 0 Å². The molecule has 0 aliphatic heterocycles. The summed E-state index contributed by atoms with van der Waals surface area (Å²) in [6, 6.07) is 1.17. The molecule has 86 valence electrons. The molecular weight excluding hydrogens is 214 g/mol. The molecule has 1 aromatic heterocycles. The second kappa shape index (κ2) is 4.61. The first-order valence-corrected chi connectivity index (χ1v) is 4.51. The van der Waals surface area contributed by atoms with E-state index >= 15 is 0 Å². The number of nitrogens with one attached hydrogen (secondary N) is 1. The number of aliphatic carboxylic acids is 1. The number of aryl methyl sites for hydroxylation is 2. The molecule has 0 fully saturated rings. The van der Waals surface area contributed by atoms with Crippen molar-refractivity contribution in [3.8, 4) is 0 Å². The zero-order chi connectivity index (χ0) is 12.3. The average Bonchev–Trinajstić information content (AvgIpc) is 2.12. The maximum Gasteiger partial charge on any atom is 0.336 e. The summed E-state index contributed by atoms with van der Waals surface area (Å²) < 4.78 is 4.74. The Kier molecular flexibility index (Phi) is 3.44. The molecule has 0 aliphatic carbocycles. The number of hydrogen-bond donors (Lipinski definition) is 1. The molecule has 0 saturated carbocycles. The molecule has 0 atom stereocenters. The molecule has 0 saturated heterocycles. The Morgan fingerprint density at radius 1 is 1.44 bits per heavy atom. The third-order valence-electron chi connectivity index (χ3n) is 1.95. The highest BCUT2D eigenvalue weighted by Crippen LogP contribution is 2.10. The van der Waals surface area contributed by atoms with Gasteiger partial charge in [0.2, 0.25) is 0 Å². The third kappa shape index (κ3) is 2.69. The van der Waals surface area contributed by atoms with E-state index < -0.39 is 24.0 Å². The number of amides is 1. The average molecular weight is 224 g/mol. The highest BCUT2D eigenvalue weighted by Gasteiger charge is 2.14. The quantitative estimate of drug-likeness (QED) is 0.690. The zero-order valence-corrected chi connectivity index (χ0v) is 8.83. The van der Waals surface area contributed by atoms with Crippen molar-refractivity contribution in [3.05, 3.63) is 33.4 Å². The second-order valence-corrected chi connectivity index (χ2v) is 3.23. The highest BCUT2D eigenvalue weighted by atomic mass is 16.4. The molecule has 0 spiro atoms. The summed E-state index contributed by atoms with van der Waals surface area (Å²) in [4.78, 5) is 32.6. The van der Waals surface area contributed by atoms with E-state index in [0.717, 1.165) is 0 Å². The molecule has 0 aliphatic rings. The Morgan fingerprint density at radius 2 is 2.06 bits per heavy atom. The standard InChI is InChI=1S/C10H11NO5/c1-5-3-8(14)16-6(2)9(5)10(15)11-4-7(12)13/h3H,4H2,1-2H3,(H,11,15)(H,12,13)/p-1. The Hall–Kier alpha value is -2.11. The molecule has 0 bridgehead atoms. The predicted molar refractivity (Wildman–Crippen MR) is 51.8 cm³/mol. The summed E-state index contributed by atoms with van der Waals surface area (Å²) in [5.74, 6) is -1.84. The number of carbonyl (C=O) groups excluding carboxylic acids is 2. The van der Waals surface area contributed by atoms with Crippen LogP contribution in [0.2, 0.25) is 0 Å². The first kappa shape index (κ1) is 12.0. The van der Waals surface area contributed by atoms with Crippen molar-refractivity contribution in [1.82, 2.24) is 5.32 Å². The van der Waals surface area contributed by atoms with Gasteiger partial charge >= 0.3 is 5.63 Å². The van der Waals surface area contributed by atoms with Crippen LogP contribution in [-0.4, -0.2) is 18.4 Å². The van der Waals surface area contributed by atoms with Crippen molar-refractivity contribution in [3.63, 3.8) is 0 Å². The summed E-state index contributed by atoms with van der Waals surface area (Å²) in [6.45, 7) is 2.44. The SMILES string of the molecule is Cc1cc(=O)oc(C)c1C(=O)NCC(=O)[O-]. The maximum absolute atomic E-state index is 11.5. The fourth-order valence-corrected chi connectivity index (χ4v) is 1.34. The first-order valence-electron chi connectivity index (χ1n) is 4.51. The third-order valence-corrected chi connectivity index (χ3v) is 1.95. The van der Waals surface area contributed by atoms with Crippen LogP contribution in [0.4, 0.5) is 0 Å². The van der Waals surface area contributed by atoms with E-state index in [-0.39, 0.29) is 11.3 Å². The summed E-state index contributed by atoms with van der Waals surface area (Å²) in [6.07, 6.45) is 0. The predicted octanol–water partition coefficient (Wildman–Crippen LogP) is -1.26. The van der Waals surface area contributed by atoms with Gasteiger partial charge in [0.1, 0.15) is 5.76 Å². The van der Waals surface area contributed by atoms with Crippen LogP contribution in [0, 0.1) is 13.8 Å². The minimum atomic E-state index is -1.39. The van der Waals surface area contributed by atoms with Crippen LogP contribution in [-0.2, 0) is 4.79 Å². The van der Waals surface area contributed by atoms with E-state index in [1.54, 1.807) is 6.92 Å². The maximum atomic E-state index is 11.5. The molecule has 1 heterocycles. The second-order valence-electron chi connectivity index (χ2n) is 3.23. The largest absolute Gasteiger partial charge is 0.548 e. The van der Waals surface area contributed by atoms with E-state index in [1.165, 1.54) is 13.0 Å². The lowest BCUT2D eigenvalue weighted by Gasteiger charge is -2.09. The molecule has 1 aromatic rings. The first-order chi connectivity index (χ1) is 7.41. The fraction of sp³-hybridized carbons (Fsp3) is 0.300. The van der Waals surface area contributed by atoms with Crippen molar-refractivity contribution >= 4 is 11.9 Å². The van der Waals surface area contributed by atoms with Crippen LogP contribution in [0.25, 0.3) is 0 Å². The van der Waals surface area contributed by atoms with Gasteiger partial charge in [-0.15, -0.1) is 0 Å². The molecule has 6 nitrogen and oxygen atoms in total. The molecule has 0 radical (unpaired) electrons. The lowest BCUT2D eigenvalue weighted by atomic mass is 10.1. The van der Waals surface area contributed by atoms with E-state index in [9.17, 15) is 19.5 Å². The number of hydrogen-bond acceptors (Lipinski definition) is 5. The summed E-state index contributed by atoms with van der Waals surface area (Å²) in [7, 11) is 0. The van der Waals surface area contributed by atoms with Gasteiger partial charge in [0.05, 0.1) is 18.1 Å². The zero-order valence-electron chi connectivity index (χ0n) is 8.83. The Bertz CT molecular complexity index is 462. The Balaban J connectivity index is 3.00. The number of carboxylic acids is 1. The smallest absolute Gasteiger partial charge is 0.336 e. The van der Waals surface area contributed by atoms with Gasteiger partial charge < -0.3 is 19.6 Å². The van der Waals surface area contributed by atoms with Crippen molar-refractivity contribution in [1.29, 1.82) is 0 Å². The summed E-state index contributed by atoms with van der Waals surface area (Å²) in [5, 5.41) is 12.3. The minimum Gasteiger partial charge on any atom is -0.548 e. The van der Waals surface area contributed by atoms with Crippen molar-refractivity contribution in [2.75, 3.05) is 6.54 Å². The molecule has 0 unspecified atom stereocenters. The summed E-state index contributed by atoms with van der Waals surface area (Å²) >= 11 is 0. The molecular formula is C10H10NO5-. The fourth-order valence-electron chi connectivity index (χ4n) is 1.34. The highest BCUT2D eigenvalue weighted by molar-refractivity contribution is 5.97. The van der Waals surface area contributed by atoms with Crippen LogP contribution >= 0.6 is 0 Å². The van der Waals surface area contributed by atoms with Gasteiger partial charge in [0.25, 0.3) is 5.91 Å². The van der Waals surface area contributed by atoms with E-state index in [4.69, 9.17) is 4.42 Å². The van der Waals surface area contributed by atoms with Crippen LogP contribution < -0.4 is 16.0 Å². The molecule has 0 aromatic carbocycles. The van der Waals surface area contributed by atoms with E-state index in [1.807, 2.05) is 0 Å². The van der Waals surface area contributed by atoms with Crippen molar-refractivity contribution < 1.29 is 19.1 Å². The van der Waals surface area contributed by atoms with Gasteiger partial charge in [-0.25, -0.2) is 4.79 Å². The van der Waals surface area contributed by atoms with Gasteiger partial charge in [-0.3, -0.25) is 4.79 Å². The molecule has 6 heteroatoms. The van der Waals surface area contributed by atoms with E-state index in [2.05, 4.69) is 5.32 Å². The van der Waals surface area contributed by atoms with Crippen LogP contribution in [0.15, 0.2) is 15.3 Å². The molecule has 16 heavy (non-hydrogen) atoms. The molecule has 1 rings (SSSR count). The summed E-state index contributed by atoms with van der Waals surface area (Å²) in [5.41, 5.74) is 0.0527. The lowest BCUT2D eigenvalue weighted by Crippen LogP contribution is -2.38. The van der Waals surface area contributed by atoms with Crippen molar-refractivity contribution in [2.45, 2.75) is 13.8 Å². The normalized spacial score (nSPS) is 9.88. The van der Waals surface area contributed by atoms with Gasteiger partial charge in [0.15, 0.2) is 0 Å². The Labute approximate surface area is 90.9 Å². The Morgan fingerprint density at radius 3 is 2.56 bits per heavy atom. The lowest BCUT2D eigenvalue weighted by molar-refractivity contribution is -0.303. The van der Waals surface area contributed by atoms with Crippen LogP contribution in [0.3, 0.4) is 0 Å².